The summed E-state index contributed by atoms with van der Waals surface area (Å²) in [5.74, 6) is -0.0591. The molecular formula is C17H19Cl2N3O. The van der Waals surface area contributed by atoms with Crippen LogP contribution in [-0.2, 0) is 11.3 Å². The third-order valence-corrected chi connectivity index (χ3v) is 3.82. The van der Waals surface area contributed by atoms with E-state index >= 15 is 0 Å². The van der Waals surface area contributed by atoms with Gasteiger partial charge in [-0.15, -0.1) is 0 Å². The van der Waals surface area contributed by atoms with Crippen LogP contribution in [0.3, 0.4) is 0 Å². The van der Waals surface area contributed by atoms with E-state index in [1.807, 2.05) is 44.0 Å². The number of anilines is 1. The van der Waals surface area contributed by atoms with Crippen molar-refractivity contribution in [2.75, 3.05) is 18.9 Å². The van der Waals surface area contributed by atoms with E-state index in [0.29, 0.717) is 16.9 Å². The van der Waals surface area contributed by atoms with Crippen LogP contribution in [-0.4, -0.2) is 29.4 Å². The number of carbonyl (C=O) groups is 1. The van der Waals surface area contributed by atoms with Crippen LogP contribution >= 0.6 is 23.2 Å². The van der Waals surface area contributed by atoms with E-state index in [0.717, 1.165) is 22.4 Å². The number of pyridine rings is 1. The predicted octanol–water partition coefficient (Wildman–Crippen LogP) is 4.08. The molecule has 0 saturated carbocycles. The molecule has 1 N–H and O–H groups in total. The number of likely N-dealkylation sites (N-methyl/N-ethyl adjacent to an activating group) is 1. The first kappa shape index (κ1) is 17.7. The first-order valence-electron chi connectivity index (χ1n) is 7.21. The topological polar surface area (TPSA) is 45.2 Å². The monoisotopic (exact) mass is 351 g/mol. The van der Waals surface area contributed by atoms with E-state index in [1.165, 1.54) is 0 Å². The van der Waals surface area contributed by atoms with Gasteiger partial charge in [0.25, 0.3) is 0 Å². The number of aryl methyl sites for hydroxylation is 2. The van der Waals surface area contributed by atoms with Crippen LogP contribution in [0.15, 0.2) is 30.3 Å². The molecule has 0 atom stereocenters. The highest BCUT2D eigenvalue weighted by Gasteiger charge is 2.11. The van der Waals surface area contributed by atoms with E-state index in [2.05, 4.69) is 10.3 Å². The summed E-state index contributed by atoms with van der Waals surface area (Å²) in [6.45, 7) is 4.79. The van der Waals surface area contributed by atoms with Gasteiger partial charge in [-0.1, -0.05) is 41.4 Å². The fourth-order valence-corrected chi connectivity index (χ4v) is 2.91. The number of nitrogens with one attached hydrogen (secondary N) is 1. The molecule has 122 valence electrons. The molecule has 0 aliphatic heterocycles. The van der Waals surface area contributed by atoms with Gasteiger partial charge in [0.1, 0.15) is 10.3 Å². The number of para-hydroxylation sites is 1. The van der Waals surface area contributed by atoms with Gasteiger partial charge in [0.2, 0.25) is 5.91 Å². The summed E-state index contributed by atoms with van der Waals surface area (Å²) < 4.78 is 0. The zero-order chi connectivity index (χ0) is 17.0. The average Bonchev–Trinajstić information content (AvgIpc) is 2.41. The molecule has 0 fully saturated rings. The fourth-order valence-electron chi connectivity index (χ4n) is 2.41. The smallest absolute Gasteiger partial charge is 0.238 e. The molecule has 0 bridgehead atoms. The Morgan fingerprint density at radius 2 is 1.74 bits per heavy atom. The molecule has 1 aromatic heterocycles. The van der Waals surface area contributed by atoms with Crippen molar-refractivity contribution in [2.24, 2.45) is 0 Å². The molecule has 0 radical (unpaired) electrons. The SMILES string of the molecule is Cc1cccc(C)c1NC(=O)CN(C)Cc1cc(Cl)nc(Cl)c1. The maximum absolute atomic E-state index is 12.2. The van der Waals surface area contributed by atoms with Gasteiger partial charge in [-0.2, -0.15) is 0 Å². The maximum Gasteiger partial charge on any atom is 0.238 e. The highest BCUT2D eigenvalue weighted by atomic mass is 35.5. The van der Waals surface area contributed by atoms with Crippen molar-refractivity contribution in [1.29, 1.82) is 0 Å². The second-order valence-corrected chi connectivity index (χ2v) is 6.38. The van der Waals surface area contributed by atoms with Gasteiger partial charge in [-0.25, -0.2) is 4.98 Å². The number of hydrogen-bond acceptors (Lipinski definition) is 3. The molecule has 1 aromatic carbocycles. The van der Waals surface area contributed by atoms with Crippen molar-refractivity contribution >= 4 is 34.8 Å². The Morgan fingerprint density at radius 3 is 2.30 bits per heavy atom. The fraction of sp³-hybridized carbons (Fsp3) is 0.294. The molecule has 6 heteroatoms. The van der Waals surface area contributed by atoms with Gasteiger partial charge < -0.3 is 5.32 Å². The molecule has 0 saturated heterocycles. The quantitative estimate of drug-likeness (QED) is 0.825. The van der Waals surface area contributed by atoms with Gasteiger partial charge >= 0.3 is 0 Å². The number of carbonyl (C=O) groups excluding carboxylic acids is 1. The summed E-state index contributed by atoms with van der Waals surface area (Å²) in [7, 11) is 1.87. The molecule has 0 aliphatic rings. The van der Waals surface area contributed by atoms with Crippen molar-refractivity contribution in [3.05, 3.63) is 57.3 Å². The Bertz CT molecular complexity index is 678. The van der Waals surface area contributed by atoms with E-state index in [9.17, 15) is 4.79 Å². The molecule has 2 rings (SSSR count). The largest absolute Gasteiger partial charge is 0.324 e. The van der Waals surface area contributed by atoms with Crippen LogP contribution in [0.1, 0.15) is 16.7 Å². The van der Waals surface area contributed by atoms with Gasteiger partial charge in [0.15, 0.2) is 0 Å². The minimum atomic E-state index is -0.0591. The molecule has 1 amide bonds. The van der Waals surface area contributed by atoms with Crippen LogP contribution in [0, 0.1) is 13.8 Å². The average molecular weight is 352 g/mol. The predicted molar refractivity (Wildman–Crippen MR) is 95.1 cm³/mol. The van der Waals surface area contributed by atoms with Gasteiger partial charge in [0.05, 0.1) is 6.54 Å². The third-order valence-electron chi connectivity index (χ3n) is 3.43. The summed E-state index contributed by atoms with van der Waals surface area (Å²) in [5.41, 5.74) is 3.89. The summed E-state index contributed by atoms with van der Waals surface area (Å²) in [6.07, 6.45) is 0. The third kappa shape index (κ3) is 5.20. The summed E-state index contributed by atoms with van der Waals surface area (Å²) in [4.78, 5) is 18.0. The first-order chi connectivity index (χ1) is 10.8. The van der Waals surface area contributed by atoms with Crippen molar-refractivity contribution in [2.45, 2.75) is 20.4 Å². The van der Waals surface area contributed by atoms with Crippen molar-refractivity contribution in [3.63, 3.8) is 0 Å². The summed E-state index contributed by atoms with van der Waals surface area (Å²) in [5, 5.41) is 3.67. The molecule has 0 aliphatic carbocycles. The molecule has 23 heavy (non-hydrogen) atoms. The van der Waals surface area contributed by atoms with E-state index in [1.54, 1.807) is 12.1 Å². The number of benzene rings is 1. The number of rotatable bonds is 5. The molecule has 1 heterocycles. The Hall–Kier alpha value is -1.62. The Balaban J connectivity index is 1.97. The zero-order valence-electron chi connectivity index (χ0n) is 13.4. The van der Waals surface area contributed by atoms with E-state index in [-0.39, 0.29) is 12.5 Å². The Kier molecular flexibility index (Phi) is 5.99. The lowest BCUT2D eigenvalue weighted by Gasteiger charge is -2.18. The first-order valence-corrected chi connectivity index (χ1v) is 7.97. The van der Waals surface area contributed by atoms with Crippen LogP contribution < -0.4 is 5.32 Å². The van der Waals surface area contributed by atoms with Gasteiger partial charge in [-0.05, 0) is 49.7 Å². The number of amides is 1. The van der Waals surface area contributed by atoms with Crippen LogP contribution in [0.2, 0.25) is 10.3 Å². The Labute approximate surface area is 146 Å². The lowest BCUT2D eigenvalue weighted by Crippen LogP contribution is -2.30. The minimum absolute atomic E-state index is 0.0591. The van der Waals surface area contributed by atoms with Crippen molar-refractivity contribution < 1.29 is 4.79 Å². The molecule has 0 spiro atoms. The standard InChI is InChI=1S/C17H19Cl2N3O/c1-11-5-4-6-12(2)17(11)21-16(23)10-22(3)9-13-7-14(18)20-15(19)8-13/h4-8H,9-10H2,1-3H3,(H,21,23). The lowest BCUT2D eigenvalue weighted by molar-refractivity contribution is -0.117. The second kappa shape index (κ2) is 7.77. The number of aromatic nitrogens is 1. The molecule has 0 unspecified atom stereocenters. The van der Waals surface area contributed by atoms with Gasteiger partial charge in [-0.3, -0.25) is 9.69 Å². The van der Waals surface area contributed by atoms with Crippen LogP contribution in [0.4, 0.5) is 5.69 Å². The zero-order valence-corrected chi connectivity index (χ0v) is 14.9. The van der Waals surface area contributed by atoms with Crippen LogP contribution in [0.25, 0.3) is 0 Å². The van der Waals surface area contributed by atoms with Crippen molar-refractivity contribution in [1.82, 2.24) is 9.88 Å². The second-order valence-electron chi connectivity index (χ2n) is 5.61. The molecular weight excluding hydrogens is 333 g/mol. The van der Waals surface area contributed by atoms with E-state index in [4.69, 9.17) is 23.2 Å². The highest BCUT2D eigenvalue weighted by Crippen LogP contribution is 2.19. The number of nitrogens with zero attached hydrogens (tertiary/aromatic N) is 2. The normalized spacial score (nSPS) is 10.9. The van der Waals surface area contributed by atoms with Gasteiger partial charge in [0, 0.05) is 12.2 Å². The molecule has 2 aromatic rings. The molecule has 4 nitrogen and oxygen atoms in total. The summed E-state index contributed by atoms with van der Waals surface area (Å²) in [6, 6.07) is 9.42. The van der Waals surface area contributed by atoms with Crippen LogP contribution in [0.5, 0.6) is 0 Å². The number of hydrogen-bond donors (Lipinski definition) is 1. The number of halogens is 2. The van der Waals surface area contributed by atoms with Crippen molar-refractivity contribution in [3.8, 4) is 0 Å². The highest BCUT2D eigenvalue weighted by molar-refractivity contribution is 6.32. The lowest BCUT2D eigenvalue weighted by atomic mass is 10.1. The maximum atomic E-state index is 12.2. The Morgan fingerprint density at radius 1 is 1.17 bits per heavy atom. The summed E-state index contributed by atoms with van der Waals surface area (Å²) >= 11 is 11.8. The minimum Gasteiger partial charge on any atom is -0.324 e. The van der Waals surface area contributed by atoms with E-state index < -0.39 is 0 Å².